The molecule has 1 aliphatic carbocycles. The molecule has 1 saturated carbocycles. The summed E-state index contributed by atoms with van der Waals surface area (Å²) in [6.45, 7) is 3.09. The van der Waals surface area contributed by atoms with Gasteiger partial charge in [-0.1, -0.05) is 29.8 Å². The number of nitrogens with zero attached hydrogens (tertiary/aromatic N) is 4. The summed E-state index contributed by atoms with van der Waals surface area (Å²) < 4.78 is 34.2. The molecule has 0 spiro atoms. The molecular weight excluding hydrogens is 484 g/mol. The van der Waals surface area contributed by atoms with Gasteiger partial charge >= 0.3 is 0 Å². The third kappa shape index (κ3) is 4.01. The molecule has 4 heterocycles. The van der Waals surface area contributed by atoms with E-state index in [1.54, 1.807) is 6.07 Å². The molecule has 3 aliphatic rings. The maximum absolute atomic E-state index is 13.7. The molecule has 184 valence electrons. The lowest BCUT2D eigenvalue weighted by Gasteiger charge is -2.33. The Morgan fingerprint density at radius 3 is 2.77 bits per heavy atom. The summed E-state index contributed by atoms with van der Waals surface area (Å²) in [5, 5.41) is 4.10. The molecule has 1 atom stereocenters. The number of anilines is 1. The van der Waals surface area contributed by atoms with Gasteiger partial charge in [0.2, 0.25) is 27.6 Å². The van der Waals surface area contributed by atoms with Crippen LogP contribution in [-0.2, 0) is 21.2 Å². The smallest absolute Gasteiger partial charge is 0.244 e. The van der Waals surface area contributed by atoms with Gasteiger partial charge in [0, 0.05) is 36.1 Å². The number of hydrogen-bond acceptors (Lipinski definition) is 7. The van der Waals surface area contributed by atoms with Crippen LogP contribution in [0.5, 0.6) is 0 Å². The van der Waals surface area contributed by atoms with Crippen LogP contribution in [-0.4, -0.2) is 48.4 Å². The number of sulfonamides is 1. The molecule has 0 bridgehead atoms. The molecule has 0 N–H and O–H groups in total. The Labute approximate surface area is 209 Å². The number of carbonyl (C=O) groups excluding carboxylic acids is 1. The quantitative estimate of drug-likeness (QED) is 0.504. The largest absolute Gasteiger partial charge is 0.339 e. The molecule has 2 fully saturated rings. The average molecular weight is 513 g/mol. The number of aromatic nitrogens is 2. The second kappa shape index (κ2) is 8.83. The Morgan fingerprint density at radius 2 is 1.97 bits per heavy atom. The molecule has 1 saturated heterocycles. The minimum absolute atomic E-state index is 0.0212. The lowest BCUT2D eigenvalue weighted by molar-refractivity contribution is -0.123. The van der Waals surface area contributed by atoms with Crippen molar-refractivity contribution in [1.29, 1.82) is 0 Å². The van der Waals surface area contributed by atoms with Crippen LogP contribution in [0.4, 0.5) is 5.69 Å². The molecule has 35 heavy (non-hydrogen) atoms. The minimum atomic E-state index is -3.75. The van der Waals surface area contributed by atoms with Crippen LogP contribution in [0.2, 0.25) is 0 Å². The molecule has 2 aromatic heterocycles. The van der Waals surface area contributed by atoms with Crippen molar-refractivity contribution in [3.8, 4) is 10.7 Å². The highest BCUT2D eigenvalue weighted by Crippen LogP contribution is 2.39. The van der Waals surface area contributed by atoms with Crippen LogP contribution in [0.25, 0.3) is 10.7 Å². The number of thiophene rings is 1. The van der Waals surface area contributed by atoms with Crippen molar-refractivity contribution in [1.82, 2.24) is 14.4 Å². The molecule has 0 unspecified atom stereocenters. The summed E-state index contributed by atoms with van der Waals surface area (Å²) in [5.74, 6) is 1.09. The topological polar surface area (TPSA) is 96.6 Å². The number of benzene rings is 1. The fraction of sp³-hybridized carbons (Fsp3) is 0.480. The van der Waals surface area contributed by atoms with Crippen molar-refractivity contribution < 1.29 is 17.7 Å². The number of aryl methyl sites for hydroxylation is 1. The molecule has 6 rings (SSSR count). The fourth-order valence-corrected chi connectivity index (χ4v) is 8.29. The van der Waals surface area contributed by atoms with Gasteiger partial charge in [0.25, 0.3) is 0 Å². The van der Waals surface area contributed by atoms with E-state index in [2.05, 4.69) is 16.2 Å². The van der Waals surface area contributed by atoms with Gasteiger partial charge < -0.3 is 9.42 Å². The van der Waals surface area contributed by atoms with Gasteiger partial charge in [-0.25, -0.2) is 8.42 Å². The van der Waals surface area contributed by atoms with E-state index in [1.807, 2.05) is 30.0 Å². The number of para-hydroxylation sites is 1. The average Bonchev–Trinajstić information content (AvgIpc) is 3.56. The van der Waals surface area contributed by atoms with Crippen molar-refractivity contribution in [2.75, 3.05) is 24.5 Å². The maximum atomic E-state index is 13.7. The monoisotopic (exact) mass is 512 g/mol. The molecule has 1 amide bonds. The summed E-state index contributed by atoms with van der Waals surface area (Å²) in [6, 6.07) is 9.62. The lowest BCUT2D eigenvalue weighted by Crippen LogP contribution is -2.46. The van der Waals surface area contributed by atoms with Crippen molar-refractivity contribution in [2.45, 2.75) is 56.3 Å². The van der Waals surface area contributed by atoms with E-state index in [-0.39, 0.29) is 23.3 Å². The highest BCUT2D eigenvalue weighted by atomic mass is 32.2. The van der Waals surface area contributed by atoms with Crippen molar-refractivity contribution in [3.05, 3.63) is 46.7 Å². The molecular formula is C25H28N4O4S2. The number of hydrogen-bond donors (Lipinski definition) is 0. The molecule has 2 aliphatic heterocycles. The van der Waals surface area contributed by atoms with Gasteiger partial charge in [-0.2, -0.15) is 9.29 Å². The van der Waals surface area contributed by atoms with Crippen molar-refractivity contribution in [2.24, 2.45) is 5.92 Å². The van der Waals surface area contributed by atoms with Gasteiger partial charge in [-0.15, -0.1) is 11.3 Å². The minimum Gasteiger partial charge on any atom is -0.339 e. The molecule has 1 aromatic carbocycles. The summed E-state index contributed by atoms with van der Waals surface area (Å²) >= 11 is 1.36. The standard InChI is InChI=1S/C25H28N4O4S2/c1-16-22(14-21(34-16)23-26-24(33-27-23)18-7-4-8-18)35(31,32)28-12-5-9-19(15-28)25(30)29-13-11-17-6-2-3-10-20(17)29/h2-3,6,10,14,18-19H,4-5,7-9,11-13,15H2,1H3/t19-/m1/s1. The molecule has 8 nitrogen and oxygen atoms in total. The van der Waals surface area contributed by atoms with E-state index in [1.165, 1.54) is 27.6 Å². The summed E-state index contributed by atoms with van der Waals surface area (Å²) in [6.07, 6.45) is 5.49. The number of amides is 1. The van der Waals surface area contributed by atoms with Crippen LogP contribution in [0.3, 0.4) is 0 Å². The van der Waals surface area contributed by atoms with Gasteiger partial charge in [0.1, 0.15) is 0 Å². The zero-order valence-corrected chi connectivity index (χ0v) is 21.3. The van der Waals surface area contributed by atoms with Gasteiger partial charge in [0.15, 0.2) is 0 Å². The number of carbonyl (C=O) groups is 1. The second-order valence-corrected chi connectivity index (χ2v) is 12.8. The predicted molar refractivity (Wildman–Crippen MR) is 133 cm³/mol. The van der Waals surface area contributed by atoms with E-state index in [9.17, 15) is 13.2 Å². The normalized spacial score (nSPS) is 21.2. The SMILES string of the molecule is Cc1sc(-c2noc(C3CCC3)n2)cc1S(=O)(=O)N1CCC[C@@H](C(=O)N2CCc3ccccc32)C1. The Hall–Kier alpha value is -2.56. The number of rotatable bonds is 5. The Balaban J connectivity index is 1.21. The highest BCUT2D eigenvalue weighted by Gasteiger charge is 2.38. The van der Waals surface area contributed by atoms with Crippen molar-refractivity contribution >= 4 is 33.0 Å². The van der Waals surface area contributed by atoms with E-state index >= 15 is 0 Å². The van der Waals surface area contributed by atoms with E-state index < -0.39 is 10.0 Å². The molecule has 0 radical (unpaired) electrons. The van der Waals surface area contributed by atoms with Crippen LogP contribution in [0.15, 0.2) is 39.8 Å². The molecule has 3 aromatic rings. The first-order valence-corrected chi connectivity index (χ1v) is 14.5. The van der Waals surface area contributed by atoms with Gasteiger partial charge in [-0.3, -0.25) is 4.79 Å². The first-order valence-electron chi connectivity index (χ1n) is 12.3. The second-order valence-electron chi connectivity index (χ2n) is 9.69. The van der Waals surface area contributed by atoms with Crippen LogP contribution in [0, 0.1) is 12.8 Å². The Kier molecular flexibility index (Phi) is 5.77. The number of fused-ring (bicyclic) bond motifs is 1. The predicted octanol–water partition coefficient (Wildman–Crippen LogP) is 4.36. The first kappa shape index (κ1) is 22.9. The zero-order chi connectivity index (χ0) is 24.2. The van der Waals surface area contributed by atoms with Crippen molar-refractivity contribution in [3.63, 3.8) is 0 Å². The Bertz CT molecular complexity index is 1380. The van der Waals surface area contributed by atoms with E-state index in [4.69, 9.17) is 4.52 Å². The lowest BCUT2D eigenvalue weighted by atomic mass is 9.85. The van der Waals surface area contributed by atoms with Crippen LogP contribution >= 0.6 is 11.3 Å². The first-order chi connectivity index (χ1) is 16.9. The molecule has 10 heteroatoms. The zero-order valence-electron chi connectivity index (χ0n) is 19.6. The van der Waals surface area contributed by atoms with Gasteiger partial charge in [-0.05, 0) is 56.7 Å². The Morgan fingerprint density at radius 1 is 1.14 bits per heavy atom. The third-order valence-electron chi connectivity index (χ3n) is 7.49. The van der Waals surface area contributed by atoms with Crippen LogP contribution in [0.1, 0.15) is 54.4 Å². The summed E-state index contributed by atoms with van der Waals surface area (Å²) in [5.41, 5.74) is 2.13. The van der Waals surface area contributed by atoms with E-state index in [0.717, 1.165) is 24.9 Å². The fourth-order valence-electron chi connectivity index (χ4n) is 5.28. The maximum Gasteiger partial charge on any atom is 0.244 e. The third-order valence-corrected chi connectivity index (χ3v) is 10.7. The summed E-state index contributed by atoms with van der Waals surface area (Å²) in [4.78, 5) is 21.4. The highest BCUT2D eigenvalue weighted by molar-refractivity contribution is 7.89. The van der Waals surface area contributed by atoms with Crippen LogP contribution < -0.4 is 4.90 Å². The van der Waals surface area contributed by atoms with E-state index in [0.29, 0.717) is 53.3 Å². The summed E-state index contributed by atoms with van der Waals surface area (Å²) in [7, 11) is -3.75. The number of piperidine rings is 1. The van der Waals surface area contributed by atoms with Gasteiger partial charge in [0.05, 0.1) is 15.7 Å².